The van der Waals surface area contributed by atoms with E-state index in [0.29, 0.717) is 11.6 Å². The van der Waals surface area contributed by atoms with E-state index < -0.39 is 0 Å². The van der Waals surface area contributed by atoms with Crippen molar-refractivity contribution in [3.63, 3.8) is 0 Å². The van der Waals surface area contributed by atoms with Gasteiger partial charge in [0.05, 0.1) is 9.77 Å². The molecule has 2 heterocycles. The molecule has 2 aromatic rings. The minimum absolute atomic E-state index is 0.552. The summed E-state index contributed by atoms with van der Waals surface area (Å²) in [6.07, 6.45) is 4.83. The van der Waals surface area contributed by atoms with Gasteiger partial charge in [-0.25, -0.2) is 9.97 Å². The molecule has 76 valence electrons. The lowest BCUT2D eigenvalue weighted by Crippen LogP contribution is -1.92. The third-order valence-corrected chi connectivity index (χ3v) is 2.47. The first-order valence-electron chi connectivity index (χ1n) is 4.32. The van der Waals surface area contributed by atoms with Crippen LogP contribution in [0, 0.1) is 10.5 Å². The molecule has 0 fully saturated rings. The Morgan fingerprint density at radius 2 is 2.07 bits per heavy atom. The molecule has 2 rings (SSSR count). The van der Waals surface area contributed by atoms with Crippen LogP contribution in [-0.2, 0) is 0 Å². The average Bonchev–Trinajstić information content (AvgIpc) is 2.25. The molecule has 0 aliphatic heterocycles. The Morgan fingerprint density at radius 1 is 1.20 bits per heavy atom. The third kappa shape index (κ3) is 2.62. The highest BCUT2D eigenvalue weighted by molar-refractivity contribution is 14.1. The van der Waals surface area contributed by atoms with E-state index in [1.165, 1.54) is 6.33 Å². The van der Waals surface area contributed by atoms with Gasteiger partial charge >= 0.3 is 0 Å². The molecule has 0 saturated carbocycles. The Labute approximate surface area is 101 Å². The van der Waals surface area contributed by atoms with Crippen LogP contribution in [-0.4, -0.2) is 15.0 Å². The molecule has 0 saturated heterocycles. The maximum Gasteiger partial charge on any atom is 0.235 e. The van der Waals surface area contributed by atoms with Crippen LogP contribution in [0.15, 0.2) is 30.9 Å². The van der Waals surface area contributed by atoms with Gasteiger partial charge in [0.2, 0.25) is 5.88 Å². The summed E-state index contributed by atoms with van der Waals surface area (Å²) in [7, 11) is 0. The maximum atomic E-state index is 5.54. The highest BCUT2D eigenvalue weighted by Crippen LogP contribution is 2.22. The largest absolute Gasteiger partial charge is 0.436 e. The minimum Gasteiger partial charge on any atom is -0.436 e. The molecule has 0 spiro atoms. The molecule has 0 aliphatic rings. The highest BCUT2D eigenvalue weighted by atomic mass is 127. The zero-order valence-corrected chi connectivity index (χ0v) is 10.2. The summed E-state index contributed by atoms with van der Waals surface area (Å²) in [6.45, 7) is 1.93. The quantitative estimate of drug-likeness (QED) is 0.800. The summed E-state index contributed by atoms with van der Waals surface area (Å²) >= 11 is 2.12. The molecule has 0 aliphatic carbocycles. The second-order valence-electron chi connectivity index (χ2n) is 2.91. The van der Waals surface area contributed by atoms with Crippen molar-refractivity contribution in [1.29, 1.82) is 0 Å². The highest BCUT2D eigenvalue weighted by Gasteiger charge is 2.03. The van der Waals surface area contributed by atoms with Crippen molar-refractivity contribution in [1.82, 2.24) is 15.0 Å². The summed E-state index contributed by atoms with van der Waals surface area (Å²) in [5, 5.41) is 0. The number of ether oxygens (including phenoxy) is 1. The van der Waals surface area contributed by atoms with E-state index in [0.717, 1.165) is 9.26 Å². The fourth-order valence-corrected chi connectivity index (χ4v) is 1.41. The number of aromatic nitrogens is 3. The summed E-state index contributed by atoms with van der Waals surface area (Å²) in [5.41, 5.74) is 0.958. The zero-order chi connectivity index (χ0) is 10.7. The van der Waals surface area contributed by atoms with Crippen LogP contribution < -0.4 is 4.74 Å². The number of nitrogens with zero attached hydrogens (tertiary/aromatic N) is 3. The summed E-state index contributed by atoms with van der Waals surface area (Å²) in [5.74, 6) is 1.23. The molecule has 15 heavy (non-hydrogen) atoms. The summed E-state index contributed by atoms with van der Waals surface area (Å²) < 4.78 is 6.41. The first-order chi connectivity index (χ1) is 7.25. The molecular weight excluding hydrogens is 305 g/mol. The predicted octanol–water partition coefficient (Wildman–Crippen LogP) is 2.58. The van der Waals surface area contributed by atoms with Crippen molar-refractivity contribution in [3.05, 3.63) is 40.1 Å². The van der Waals surface area contributed by atoms with E-state index in [4.69, 9.17) is 4.74 Å². The van der Waals surface area contributed by atoms with Gasteiger partial charge in [0.15, 0.2) is 0 Å². The second kappa shape index (κ2) is 4.52. The molecule has 0 aromatic carbocycles. The topological polar surface area (TPSA) is 47.9 Å². The number of aryl methyl sites for hydroxylation is 1. The van der Waals surface area contributed by atoms with Gasteiger partial charge in [-0.1, -0.05) is 0 Å². The van der Waals surface area contributed by atoms with Crippen LogP contribution in [0.4, 0.5) is 0 Å². The lowest BCUT2D eigenvalue weighted by atomic mass is 10.4. The van der Waals surface area contributed by atoms with Crippen LogP contribution in [0.5, 0.6) is 11.6 Å². The van der Waals surface area contributed by atoms with Crippen molar-refractivity contribution < 1.29 is 4.74 Å². The van der Waals surface area contributed by atoms with Gasteiger partial charge in [0.25, 0.3) is 0 Å². The maximum absolute atomic E-state index is 5.54. The van der Waals surface area contributed by atoms with Crippen molar-refractivity contribution in [2.24, 2.45) is 0 Å². The Kier molecular flexibility index (Phi) is 3.10. The van der Waals surface area contributed by atoms with E-state index in [-0.39, 0.29) is 0 Å². The fourth-order valence-electron chi connectivity index (χ4n) is 1.00. The Morgan fingerprint density at radius 3 is 2.73 bits per heavy atom. The fraction of sp³-hybridized carbons (Fsp3) is 0.100. The average molecular weight is 313 g/mol. The SMILES string of the molecule is Cc1ccc(Oc2ncncc2I)cn1. The van der Waals surface area contributed by atoms with Gasteiger partial charge in [-0.05, 0) is 41.6 Å². The molecule has 0 bridgehead atoms. The number of rotatable bonds is 2. The molecule has 5 heteroatoms. The third-order valence-electron chi connectivity index (χ3n) is 1.73. The molecule has 2 aromatic heterocycles. The lowest BCUT2D eigenvalue weighted by Gasteiger charge is -2.04. The Hall–Kier alpha value is -1.24. The number of pyridine rings is 1. The molecule has 0 N–H and O–H groups in total. The number of hydrogen-bond donors (Lipinski definition) is 0. The van der Waals surface area contributed by atoms with Crippen molar-refractivity contribution >= 4 is 22.6 Å². The monoisotopic (exact) mass is 313 g/mol. The lowest BCUT2D eigenvalue weighted by molar-refractivity contribution is 0.455. The van der Waals surface area contributed by atoms with Gasteiger partial charge < -0.3 is 4.74 Å². The molecule has 0 atom stereocenters. The van der Waals surface area contributed by atoms with Crippen molar-refractivity contribution in [3.8, 4) is 11.6 Å². The molecule has 4 nitrogen and oxygen atoms in total. The second-order valence-corrected chi connectivity index (χ2v) is 4.08. The number of hydrogen-bond acceptors (Lipinski definition) is 4. The van der Waals surface area contributed by atoms with E-state index in [9.17, 15) is 0 Å². The molecule has 0 amide bonds. The molecule has 0 unspecified atom stereocenters. The van der Waals surface area contributed by atoms with E-state index >= 15 is 0 Å². The van der Waals surface area contributed by atoms with Gasteiger partial charge in [-0.2, -0.15) is 0 Å². The molecular formula is C10H8IN3O. The van der Waals surface area contributed by atoms with Gasteiger partial charge in [-0.15, -0.1) is 0 Å². The summed E-state index contributed by atoms with van der Waals surface area (Å²) in [4.78, 5) is 12.0. The predicted molar refractivity (Wildman–Crippen MR) is 63.8 cm³/mol. The molecule has 0 radical (unpaired) electrons. The van der Waals surface area contributed by atoms with Gasteiger partial charge in [0.1, 0.15) is 12.1 Å². The van der Waals surface area contributed by atoms with Gasteiger partial charge in [0, 0.05) is 11.9 Å². The number of halogens is 1. The Bertz CT molecular complexity index is 458. The summed E-state index contributed by atoms with van der Waals surface area (Å²) in [6, 6.07) is 3.75. The van der Waals surface area contributed by atoms with Crippen molar-refractivity contribution in [2.45, 2.75) is 6.92 Å². The van der Waals surface area contributed by atoms with E-state index in [1.54, 1.807) is 12.4 Å². The normalized spacial score (nSPS) is 10.0. The zero-order valence-electron chi connectivity index (χ0n) is 8.01. The van der Waals surface area contributed by atoms with E-state index in [1.807, 2.05) is 19.1 Å². The first kappa shape index (κ1) is 10.3. The van der Waals surface area contributed by atoms with Crippen LogP contribution in [0.25, 0.3) is 0 Å². The van der Waals surface area contributed by atoms with Gasteiger partial charge in [-0.3, -0.25) is 4.98 Å². The van der Waals surface area contributed by atoms with Crippen LogP contribution >= 0.6 is 22.6 Å². The van der Waals surface area contributed by atoms with E-state index in [2.05, 4.69) is 37.5 Å². The standard InChI is InChI=1S/C10H8IN3O/c1-7-2-3-8(4-13-7)15-10-9(11)5-12-6-14-10/h2-6H,1H3. The Balaban J connectivity index is 2.22. The first-order valence-corrected chi connectivity index (χ1v) is 5.39. The van der Waals surface area contributed by atoms with Crippen LogP contribution in [0.1, 0.15) is 5.69 Å². The minimum atomic E-state index is 0.552. The van der Waals surface area contributed by atoms with Crippen molar-refractivity contribution in [2.75, 3.05) is 0 Å². The smallest absolute Gasteiger partial charge is 0.235 e. The van der Waals surface area contributed by atoms with Crippen LogP contribution in [0.2, 0.25) is 0 Å². The van der Waals surface area contributed by atoms with Crippen LogP contribution in [0.3, 0.4) is 0 Å².